The van der Waals surface area contributed by atoms with E-state index in [-0.39, 0.29) is 5.82 Å². The van der Waals surface area contributed by atoms with Crippen LogP contribution in [0.1, 0.15) is 11.1 Å². The highest BCUT2D eigenvalue weighted by atomic mass is 19.1. The van der Waals surface area contributed by atoms with E-state index < -0.39 is 5.97 Å². The minimum atomic E-state index is -1.01. The third-order valence-electron chi connectivity index (χ3n) is 2.56. The van der Waals surface area contributed by atoms with Crippen LogP contribution in [0.3, 0.4) is 0 Å². The molecule has 20 heavy (non-hydrogen) atoms. The highest BCUT2D eigenvalue weighted by Gasteiger charge is 1.97. The molecule has 0 spiro atoms. The van der Waals surface area contributed by atoms with Crippen LogP contribution in [0.25, 0.3) is 6.08 Å². The van der Waals surface area contributed by atoms with Gasteiger partial charge in [-0.05, 0) is 29.8 Å². The Labute approximate surface area is 115 Å². The molecule has 1 N–H and O–H groups in total. The number of benzene rings is 2. The maximum atomic E-state index is 12.8. The molecule has 0 saturated carbocycles. The van der Waals surface area contributed by atoms with Crippen LogP contribution in [0.5, 0.6) is 0 Å². The number of aliphatic imine (C=N–C) groups is 1. The third-order valence-corrected chi connectivity index (χ3v) is 2.56. The van der Waals surface area contributed by atoms with Crippen molar-refractivity contribution >= 4 is 23.9 Å². The molecule has 0 fully saturated rings. The van der Waals surface area contributed by atoms with E-state index in [2.05, 4.69) is 4.99 Å². The van der Waals surface area contributed by atoms with Crippen LogP contribution in [0.4, 0.5) is 10.1 Å². The van der Waals surface area contributed by atoms with E-state index in [1.165, 1.54) is 18.2 Å². The summed E-state index contributed by atoms with van der Waals surface area (Å²) >= 11 is 0. The van der Waals surface area contributed by atoms with Gasteiger partial charge in [0.2, 0.25) is 0 Å². The summed E-state index contributed by atoms with van der Waals surface area (Å²) in [6, 6.07) is 13.1. The van der Waals surface area contributed by atoms with E-state index in [9.17, 15) is 9.18 Å². The Bertz CT molecular complexity index is 660. The fourth-order valence-electron chi connectivity index (χ4n) is 1.60. The average Bonchev–Trinajstić information content (AvgIpc) is 2.45. The molecular formula is C16H12FNO2. The second-order valence-electron chi connectivity index (χ2n) is 4.04. The van der Waals surface area contributed by atoms with Gasteiger partial charge in [-0.3, -0.25) is 4.99 Å². The van der Waals surface area contributed by atoms with Gasteiger partial charge in [-0.2, -0.15) is 0 Å². The van der Waals surface area contributed by atoms with Crippen LogP contribution in [-0.2, 0) is 4.79 Å². The first kappa shape index (κ1) is 13.7. The molecule has 0 aromatic heterocycles. The molecule has 100 valence electrons. The highest BCUT2D eigenvalue weighted by Crippen LogP contribution is 2.20. The fraction of sp³-hybridized carbons (Fsp3) is 0. The lowest BCUT2D eigenvalue weighted by molar-refractivity contribution is -0.131. The molecule has 0 heterocycles. The van der Waals surface area contributed by atoms with Crippen LogP contribution in [0, 0.1) is 5.82 Å². The zero-order chi connectivity index (χ0) is 14.4. The second kappa shape index (κ2) is 6.43. The van der Waals surface area contributed by atoms with Gasteiger partial charge in [0.1, 0.15) is 5.82 Å². The maximum absolute atomic E-state index is 12.8. The van der Waals surface area contributed by atoms with E-state index in [0.717, 1.165) is 11.6 Å². The van der Waals surface area contributed by atoms with Crippen LogP contribution >= 0.6 is 0 Å². The number of aliphatic carboxylic acids is 1. The summed E-state index contributed by atoms with van der Waals surface area (Å²) in [5.74, 6) is -1.31. The van der Waals surface area contributed by atoms with Gasteiger partial charge < -0.3 is 5.11 Å². The largest absolute Gasteiger partial charge is 0.478 e. The Hall–Kier alpha value is -2.75. The number of carbonyl (C=O) groups is 1. The number of carboxylic acid groups (broad SMARTS) is 1. The van der Waals surface area contributed by atoms with Gasteiger partial charge in [-0.1, -0.05) is 30.3 Å². The van der Waals surface area contributed by atoms with Crippen molar-refractivity contribution in [3.63, 3.8) is 0 Å². The molecule has 0 radical (unpaired) electrons. The van der Waals surface area contributed by atoms with Gasteiger partial charge in [-0.25, -0.2) is 9.18 Å². The van der Waals surface area contributed by atoms with Gasteiger partial charge in [-0.15, -0.1) is 0 Å². The molecule has 2 aromatic rings. The topological polar surface area (TPSA) is 49.7 Å². The van der Waals surface area contributed by atoms with Crippen molar-refractivity contribution in [1.29, 1.82) is 0 Å². The minimum absolute atomic E-state index is 0.299. The minimum Gasteiger partial charge on any atom is -0.478 e. The van der Waals surface area contributed by atoms with Gasteiger partial charge >= 0.3 is 5.97 Å². The van der Waals surface area contributed by atoms with Gasteiger partial charge in [0.15, 0.2) is 0 Å². The molecule has 0 atom stereocenters. The third kappa shape index (κ3) is 3.88. The Balaban J connectivity index is 2.24. The Morgan fingerprint density at radius 1 is 1.10 bits per heavy atom. The van der Waals surface area contributed by atoms with Crippen LogP contribution in [0.2, 0.25) is 0 Å². The van der Waals surface area contributed by atoms with Crippen molar-refractivity contribution in [2.75, 3.05) is 0 Å². The van der Waals surface area contributed by atoms with Gasteiger partial charge in [0.05, 0.1) is 5.69 Å². The SMILES string of the molecule is O=C(O)/C=C/c1ccccc1N=Cc1ccc(F)cc1. The second-order valence-corrected chi connectivity index (χ2v) is 4.04. The molecule has 0 bridgehead atoms. The van der Waals surface area contributed by atoms with Crippen molar-refractivity contribution < 1.29 is 14.3 Å². The standard InChI is InChI=1S/C16H12FNO2/c17-14-8-5-12(6-9-14)11-18-15-4-2-1-3-13(15)7-10-16(19)20/h1-11H,(H,19,20)/b10-7+,18-11?. The van der Waals surface area contributed by atoms with E-state index >= 15 is 0 Å². The maximum Gasteiger partial charge on any atom is 0.328 e. The summed E-state index contributed by atoms with van der Waals surface area (Å²) in [6.45, 7) is 0. The van der Waals surface area contributed by atoms with Crippen molar-refractivity contribution in [1.82, 2.24) is 0 Å². The molecule has 4 heteroatoms. The number of rotatable bonds is 4. The number of nitrogens with zero attached hydrogens (tertiary/aromatic N) is 1. The lowest BCUT2D eigenvalue weighted by Crippen LogP contribution is -1.86. The summed E-state index contributed by atoms with van der Waals surface area (Å²) in [4.78, 5) is 14.8. The summed E-state index contributed by atoms with van der Waals surface area (Å²) in [5.41, 5.74) is 2.12. The smallest absolute Gasteiger partial charge is 0.328 e. The predicted molar refractivity (Wildman–Crippen MR) is 76.8 cm³/mol. The average molecular weight is 269 g/mol. The molecule has 0 aliphatic rings. The molecule has 3 nitrogen and oxygen atoms in total. The number of halogens is 1. The molecule has 2 aromatic carbocycles. The molecular weight excluding hydrogens is 257 g/mol. The molecule has 0 aliphatic heterocycles. The first-order valence-electron chi connectivity index (χ1n) is 5.95. The summed E-state index contributed by atoms with van der Waals surface area (Å²) < 4.78 is 12.8. The van der Waals surface area contributed by atoms with E-state index in [0.29, 0.717) is 11.3 Å². The normalized spacial score (nSPS) is 11.2. The molecule has 0 saturated heterocycles. The van der Waals surface area contributed by atoms with Crippen molar-refractivity contribution in [2.45, 2.75) is 0 Å². The monoisotopic (exact) mass is 269 g/mol. The highest BCUT2D eigenvalue weighted by molar-refractivity contribution is 5.88. The summed E-state index contributed by atoms with van der Waals surface area (Å²) in [6.07, 6.45) is 4.15. The first-order valence-corrected chi connectivity index (χ1v) is 5.95. The molecule has 0 aliphatic carbocycles. The van der Waals surface area contributed by atoms with Crippen LogP contribution in [0.15, 0.2) is 59.6 Å². The van der Waals surface area contributed by atoms with Crippen LogP contribution < -0.4 is 0 Å². The number of hydrogen-bond acceptors (Lipinski definition) is 2. The van der Waals surface area contributed by atoms with Gasteiger partial charge in [0, 0.05) is 17.9 Å². The Kier molecular flexibility index (Phi) is 4.39. The van der Waals surface area contributed by atoms with Crippen molar-refractivity contribution in [2.24, 2.45) is 4.99 Å². The number of hydrogen-bond donors (Lipinski definition) is 1. The van der Waals surface area contributed by atoms with Crippen molar-refractivity contribution in [3.05, 3.63) is 71.6 Å². The fourth-order valence-corrected chi connectivity index (χ4v) is 1.60. The lowest BCUT2D eigenvalue weighted by atomic mass is 10.1. The first-order chi connectivity index (χ1) is 9.65. The quantitative estimate of drug-likeness (QED) is 0.680. The molecule has 0 amide bonds. The van der Waals surface area contributed by atoms with Gasteiger partial charge in [0.25, 0.3) is 0 Å². The summed E-state index contributed by atoms with van der Waals surface area (Å²) in [7, 11) is 0. The Morgan fingerprint density at radius 3 is 2.50 bits per heavy atom. The number of carboxylic acids is 1. The number of para-hydroxylation sites is 1. The zero-order valence-electron chi connectivity index (χ0n) is 10.5. The van der Waals surface area contributed by atoms with E-state index in [4.69, 9.17) is 5.11 Å². The van der Waals surface area contributed by atoms with Crippen molar-refractivity contribution in [3.8, 4) is 0 Å². The Morgan fingerprint density at radius 2 is 1.80 bits per heavy atom. The molecule has 0 unspecified atom stereocenters. The zero-order valence-corrected chi connectivity index (χ0v) is 10.5. The van der Waals surface area contributed by atoms with E-state index in [1.54, 1.807) is 36.5 Å². The predicted octanol–water partition coefficient (Wildman–Crippen LogP) is 3.67. The summed E-state index contributed by atoms with van der Waals surface area (Å²) in [5, 5.41) is 8.64. The lowest BCUT2D eigenvalue weighted by Gasteiger charge is -1.99. The molecule has 2 rings (SSSR count). The van der Waals surface area contributed by atoms with E-state index in [1.807, 2.05) is 6.07 Å². The van der Waals surface area contributed by atoms with Crippen LogP contribution in [-0.4, -0.2) is 17.3 Å².